The highest BCUT2D eigenvalue weighted by Crippen LogP contribution is 2.35. The number of imide groups is 1. The zero-order valence-electron chi connectivity index (χ0n) is 16.3. The molecule has 152 valence electrons. The summed E-state index contributed by atoms with van der Waals surface area (Å²) < 4.78 is 6.05. The van der Waals surface area contributed by atoms with E-state index in [1.807, 2.05) is 60.7 Å². The third kappa shape index (κ3) is 4.04. The predicted octanol–water partition coefficient (Wildman–Crippen LogP) is 3.02. The normalized spacial score (nSPS) is 19.2. The minimum atomic E-state index is -0.962. The SMILES string of the molecule is O=C1NC2(CCCC2)C(=O)N1CC(O)COC(c1ccccc1)c1ccccc1. The van der Waals surface area contributed by atoms with Gasteiger partial charge in [0.25, 0.3) is 5.91 Å². The van der Waals surface area contributed by atoms with Crippen LogP contribution in [-0.4, -0.2) is 46.7 Å². The van der Waals surface area contributed by atoms with Crippen molar-refractivity contribution in [3.8, 4) is 0 Å². The lowest BCUT2D eigenvalue weighted by Gasteiger charge is -2.24. The van der Waals surface area contributed by atoms with E-state index < -0.39 is 17.7 Å². The summed E-state index contributed by atoms with van der Waals surface area (Å²) in [7, 11) is 0. The largest absolute Gasteiger partial charge is 0.389 e. The first-order valence-electron chi connectivity index (χ1n) is 10.1. The van der Waals surface area contributed by atoms with Crippen LogP contribution in [0.3, 0.4) is 0 Å². The summed E-state index contributed by atoms with van der Waals surface area (Å²) in [5, 5.41) is 13.4. The Morgan fingerprint density at radius 1 is 0.966 bits per heavy atom. The Hall–Kier alpha value is -2.70. The summed E-state index contributed by atoms with van der Waals surface area (Å²) in [6.07, 6.45) is 1.91. The van der Waals surface area contributed by atoms with Crippen LogP contribution in [0.5, 0.6) is 0 Å². The van der Waals surface area contributed by atoms with Crippen LogP contribution in [0, 0.1) is 0 Å². The molecule has 1 aliphatic heterocycles. The quantitative estimate of drug-likeness (QED) is 0.708. The van der Waals surface area contributed by atoms with Gasteiger partial charge in [-0.25, -0.2) is 4.79 Å². The number of carbonyl (C=O) groups is 2. The number of benzene rings is 2. The molecule has 2 N–H and O–H groups in total. The number of amides is 3. The zero-order valence-corrected chi connectivity index (χ0v) is 16.3. The van der Waals surface area contributed by atoms with E-state index in [2.05, 4.69) is 5.32 Å². The van der Waals surface area contributed by atoms with E-state index in [0.29, 0.717) is 12.8 Å². The van der Waals surface area contributed by atoms with E-state index in [4.69, 9.17) is 4.74 Å². The first kappa shape index (κ1) is 19.6. The predicted molar refractivity (Wildman–Crippen MR) is 108 cm³/mol. The lowest BCUT2D eigenvalue weighted by molar-refractivity contribution is -0.132. The fraction of sp³-hybridized carbons (Fsp3) is 0.391. The van der Waals surface area contributed by atoms with Crippen LogP contribution in [0.2, 0.25) is 0 Å². The molecule has 1 unspecified atom stereocenters. The third-order valence-corrected chi connectivity index (χ3v) is 5.76. The molecular formula is C23H26N2O4. The Morgan fingerprint density at radius 3 is 2.07 bits per heavy atom. The molecule has 1 heterocycles. The van der Waals surface area contributed by atoms with Gasteiger partial charge >= 0.3 is 6.03 Å². The fourth-order valence-corrected chi connectivity index (χ4v) is 4.27. The van der Waals surface area contributed by atoms with Crippen molar-refractivity contribution in [1.82, 2.24) is 10.2 Å². The van der Waals surface area contributed by atoms with Crippen LogP contribution < -0.4 is 5.32 Å². The summed E-state index contributed by atoms with van der Waals surface area (Å²) >= 11 is 0. The topological polar surface area (TPSA) is 78.9 Å². The minimum absolute atomic E-state index is 0.0124. The van der Waals surface area contributed by atoms with Gasteiger partial charge in [0.1, 0.15) is 11.6 Å². The summed E-state index contributed by atoms with van der Waals surface area (Å²) in [5.74, 6) is -0.221. The van der Waals surface area contributed by atoms with E-state index in [1.54, 1.807) is 0 Å². The van der Waals surface area contributed by atoms with Crippen molar-refractivity contribution in [2.75, 3.05) is 13.2 Å². The van der Waals surface area contributed by atoms with Gasteiger partial charge < -0.3 is 15.2 Å². The van der Waals surface area contributed by atoms with E-state index in [1.165, 1.54) is 0 Å². The highest BCUT2D eigenvalue weighted by molar-refractivity contribution is 6.07. The van der Waals surface area contributed by atoms with Gasteiger partial charge in [-0.15, -0.1) is 0 Å². The molecule has 3 amide bonds. The number of rotatable bonds is 7. The Morgan fingerprint density at radius 2 is 1.52 bits per heavy atom. The van der Waals surface area contributed by atoms with Crippen molar-refractivity contribution in [3.63, 3.8) is 0 Å². The Labute approximate surface area is 170 Å². The second-order valence-electron chi connectivity index (χ2n) is 7.82. The van der Waals surface area contributed by atoms with Crippen LogP contribution >= 0.6 is 0 Å². The molecule has 6 heteroatoms. The van der Waals surface area contributed by atoms with Crippen molar-refractivity contribution in [3.05, 3.63) is 71.8 Å². The van der Waals surface area contributed by atoms with Gasteiger partial charge in [-0.3, -0.25) is 9.69 Å². The number of hydrogen-bond acceptors (Lipinski definition) is 4. The number of ether oxygens (including phenoxy) is 1. The van der Waals surface area contributed by atoms with Crippen LogP contribution in [-0.2, 0) is 9.53 Å². The van der Waals surface area contributed by atoms with Gasteiger partial charge in [0.15, 0.2) is 0 Å². The molecule has 6 nitrogen and oxygen atoms in total. The second kappa shape index (κ2) is 8.35. The molecule has 2 aromatic carbocycles. The standard InChI is InChI=1S/C23H26N2O4/c26-19(15-25-21(27)23(24-22(25)28)13-7-8-14-23)16-29-20(17-9-3-1-4-10-17)18-11-5-2-6-12-18/h1-6,9-12,19-20,26H,7-8,13-16H2,(H,24,28). The minimum Gasteiger partial charge on any atom is -0.389 e. The Bertz CT molecular complexity index is 810. The first-order valence-corrected chi connectivity index (χ1v) is 10.1. The molecule has 2 fully saturated rings. The van der Waals surface area contributed by atoms with Crippen molar-refractivity contribution in [1.29, 1.82) is 0 Å². The average molecular weight is 394 g/mol. The summed E-state index contributed by atoms with van der Waals surface area (Å²) in [6, 6.07) is 19.1. The number of nitrogens with one attached hydrogen (secondary N) is 1. The highest BCUT2D eigenvalue weighted by Gasteiger charge is 2.52. The third-order valence-electron chi connectivity index (χ3n) is 5.76. The Kier molecular flexibility index (Phi) is 5.65. The first-order chi connectivity index (χ1) is 14.1. The van der Waals surface area contributed by atoms with E-state index in [9.17, 15) is 14.7 Å². The molecule has 1 saturated heterocycles. The number of hydrogen-bond donors (Lipinski definition) is 2. The summed E-state index contributed by atoms with van der Waals surface area (Å²) in [5.41, 5.74) is 1.20. The van der Waals surface area contributed by atoms with Crippen LogP contribution in [0.4, 0.5) is 4.79 Å². The van der Waals surface area contributed by atoms with Crippen molar-refractivity contribution < 1.29 is 19.4 Å². The molecule has 1 aliphatic carbocycles. The molecule has 1 spiro atoms. The van der Waals surface area contributed by atoms with Crippen molar-refractivity contribution in [2.45, 2.75) is 43.4 Å². The maximum absolute atomic E-state index is 12.7. The Balaban J connectivity index is 1.41. The molecule has 0 bridgehead atoms. The number of aliphatic hydroxyl groups is 1. The van der Waals surface area contributed by atoms with E-state index >= 15 is 0 Å². The van der Waals surface area contributed by atoms with Gasteiger partial charge in [0.05, 0.1) is 19.3 Å². The summed E-state index contributed by atoms with van der Waals surface area (Å²) in [6.45, 7) is -0.0543. The molecule has 0 aromatic heterocycles. The monoisotopic (exact) mass is 394 g/mol. The fourth-order valence-electron chi connectivity index (χ4n) is 4.27. The molecule has 2 aliphatic rings. The molecule has 1 saturated carbocycles. The maximum Gasteiger partial charge on any atom is 0.325 e. The van der Waals surface area contributed by atoms with Gasteiger partial charge in [-0.1, -0.05) is 73.5 Å². The summed E-state index contributed by atoms with van der Waals surface area (Å²) in [4.78, 5) is 26.2. The van der Waals surface area contributed by atoms with Gasteiger partial charge in [-0.05, 0) is 24.0 Å². The number of aliphatic hydroxyl groups excluding tert-OH is 1. The molecule has 1 atom stereocenters. The van der Waals surface area contributed by atoms with Crippen molar-refractivity contribution in [2.24, 2.45) is 0 Å². The lowest BCUT2D eigenvalue weighted by Crippen LogP contribution is -2.45. The highest BCUT2D eigenvalue weighted by atomic mass is 16.5. The van der Waals surface area contributed by atoms with Gasteiger partial charge in [-0.2, -0.15) is 0 Å². The van der Waals surface area contributed by atoms with Crippen LogP contribution in [0.25, 0.3) is 0 Å². The number of urea groups is 1. The van der Waals surface area contributed by atoms with Crippen LogP contribution in [0.15, 0.2) is 60.7 Å². The molecule has 0 radical (unpaired) electrons. The van der Waals surface area contributed by atoms with Crippen molar-refractivity contribution >= 4 is 11.9 Å². The number of nitrogens with zero attached hydrogens (tertiary/aromatic N) is 1. The van der Waals surface area contributed by atoms with Crippen LogP contribution in [0.1, 0.15) is 42.9 Å². The molecular weight excluding hydrogens is 368 g/mol. The number of carbonyl (C=O) groups excluding carboxylic acids is 2. The maximum atomic E-state index is 12.7. The lowest BCUT2D eigenvalue weighted by atomic mass is 9.98. The molecule has 4 rings (SSSR count). The number of β-amino-alcohol motifs (C(OH)–C–C–N with tert-alkyl or cyclic N) is 1. The zero-order chi connectivity index (χ0) is 20.3. The smallest absolute Gasteiger partial charge is 0.325 e. The van der Waals surface area contributed by atoms with Gasteiger partial charge in [0, 0.05) is 0 Å². The van der Waals surface area contributed by atoms with Gasteiger partial charge in [0.2, 0.25) is 0 Å². The molecule has 29 heavy (non-hydrogen) atoms. The second-order valence-corrected chi connectivity index (χ2v) is 7.82. The molecule has 2 aromatic rings. The van der Waals surface area contributed by atoms with E-state index in [0.717, 1.165) is 28.9 Å². The average Bonchev–Trinajstić information content (AvgIpc) is 3.30. The van der Waals surface area contributed by atoms with E-state index in [-0.39, 0.29) is 25.2 Å².